The first-order valence-electron chi connectivity index (χ1n) is 11.5. The Morgan fingerprint density at radius 3 is 2.40 bits per heavy atom. The Kier molecular flexibility index (Phi) is 6.42. The van der Waals surface area contributed by atoms with Gasteiger partial charge in [-0.2, -0.15) is 0 Å². The second-order valence-corrected chi connectivity index (χ2v) is 8.74. The van der Waals surface area contributed by atoms with Gasteiger partial charge in [-0.25, -0.2) is 4.98 Å². The molecule has 2 heterocycles. The molecular weight excluding hydrogens is 447 g/mol. The summed E-state index contributed by atoms with van der Waals surface area (Å²) >= 11 is 0. The number of carbonyl (C=O) groups is 2. The van der Waals surface area contributed by atoms with E-state index in [0.717, 1.165) is 35.4 Å². The van der Waals surface area contributed by atoms with Gasteiger partial charge in [-0.1, -0.05) is 30.3 Å². The van der Waals surface area contributed by atoms with Gasteiger partial charge in [0, 0.05) is 22.8 Å². The summed E-state index contributed by atoms with van der Waals surface area (Å²) in [7, 11) is 0.588. The molecule has 0 amide bonds. The van der Waals surface area contributed by atoms with Crippen molar-refractivity contribution in [1.82, 2.24) is 9.88 Å². The summed E-state index contributed by atoms with van der Waals surface area (Å²) in [6, 6.07) is 18.7. The van der Waals surface area contributed by atoms with Crippen molar-refractivity contribution >= 4 is 24.5 Å². The molecule has 2 aromatic carbocycles. The van der Waals surface area contributed by atoms with Crippen molar-refractivity contribution in [1.29, 1.82) is 0 Å². The molecule has 9 heteroatoms. The molecule has 0 unspecified atom stereocenters. The van der Waals surface area contributed by atoms with Crippen molar-refractivity contribution in [3.63, 3.8) is 0 Å². The van der Waals surface area contributed by atoms with Crippen LogP contribution in [0.25, 0.3) is 0 Å². The number of aromatic nitrogens is 1. The van der Waals surface area contributed by atoms with Crippen LogP contribution < -0.4 is 14.9 Å². The predicted octanol–water partition coefficient (Wildman–Crippen LogP) is 2.98. The van der Waals surface area contributed by atoms with Gasteiger partial charge in [0.2, 0.25) is 5.88 Å². The normalized spacial score (nSPS) is 18.2. The second-order valence-electron chi connectivity index (χ2n) is 8.74. The number of hydrogen-bond donors (Lipinski definition) is 0. The number of carbonyl (C=O) groups excluding carboxylic acids is 2. The van der Waals surface area contributed by atoms with E-state index in [2.05, 4.69) is 11.1 Å². The molecule has 1 atom stereocenters. The number of rotatable bonds is 5. The molecule has 1 fully saturated rings. The van der Waals surface area contributed by atoms with Crippen molar-refractivity contribution in [2.75, 3.05) is 20.1 Å². The third-order valence-corrected chi connectivity index (χ3v) is 5.96. The fourth-order valence-electron chi connectivity index (χ4n) is 4.33. The van der Waals surface area contributed by atoms with Crippen LogP contribution in [0.1, 0.15) is 29.3 Å². The maximum atomic E-state index is 12.0. The average molecular weight is 472 g/mol. The monoisotopic (exact) mass is 472 g/mol. The number of pyridine rings is 1. The van der Waals surface area contributed by atoms with Crippen LogP contribution in [0.3, 0.4) is 0 Å². The fourth-order valence-corrected chi connectivity index (χ4v) is 4.33. The van der Waals surface area contributed by atoms with Gasteiger partial charge in [-0.3, -0.25) is 14.5 Å². The first kappa shape index (κ1) is 22.9. The van der Waals surface area contributed by atoms with E-state index in [1.807, 2.05) is 37.3 Å². The van der Waals surface area contributed by atoms with Crippen molar-refractivity contribution in [3.05, 3.63) is 77.5 Å². The first-order chi connectivity index (χ1) is 16.9. The number of likely N-dealkylation sites (N-methyl/N-ethyl adjacent to an activating group) is 1. The second kappa shape index (κ2) is 9.80. The van der Waals surface area contributed by atoms with Crippen molar-refractivity contribution < 1.29 is 28.4 Å². The summed E-state index contributed by atoms with van der Waals surface area (Å²) in [6.45, 7) is 1.99. The van der Waals surface area contributed by atoms with Gasteiger partial charge in [-0.05, 0) is 56.6 Å². The molecule has 0 spiro atoms. The number of ether oxygens (including phenoxy) is 2. The molecule has 0 radical (unpaired) electrons. The van der Waals surface area contributed by atoms with Crippen molar-refractivity contribution in [3.8, 4) is 17.4 Å². The standard InChI is InChI=1S/C26H25BN2O6/c1-17-5-3-8-24(28-17)33-22-7-4-6-20-21(22)13-14-23(20)32-19-11-9-18(10-12-19)27-34-25(30)15-29(2)16-26(31)35-27/h3-12,23H,13-16H2,1-2H3/t23-/m1/s1. The van der Waals surface area contributed by atoms with Gasteiger partial charge in [-0.15, -0.1) is 0 Å². The van der Waals surface area contributed by atoms with Crippen LogP contribution in [0.15, 0.2) is 60.7 Å². The largest absolute Gasteiger partial charge is 0.636 e. The molecule has 1 aliphatic carbocycles. The molecule has 178 valence electrons. The van der Waals surface area contributed by atoms with Crippen LogP contribution in [0.5, 0.6) is 17.4 Å². The molecule has 0 bridgehead atoms. The fraction of sp³-hybridized carbons (Fsp3) is 0.269. The zero-order valence-corrected chi connectivity index (χ0v) is 19.6. The summed E-state index contributed by atoms with van der Waals surface area (Å²) in [6.07, 6.45) is 1.55. The summed E-state index contributed by atoms with van der Waals surface area (Å²) in [5, 5.41) is 0. The molecule has 1 aromatic heterocycles. The maximum absolute atomic E-state index is 12.0. The lowest BCUT2D eigenvalue weighted by molar-refractivity contribution is -0.145. The summed E-state index contributed by atoms with van der Waals surface area (Å²) < 4.78 is 23.0. The Bertz CT molecular complexity index is 1230. The van der Waals surface area contributed by atoms with Crippen LogP contribution >= 0.6 is 0 Å². The van der Waals surface area contributed by atoms with Gasteiger partial charge in [0.05, 0.1) is 13.1 Å². The Morgan fingerprint density at radius 2 is 1.69 bits per heavy atom. The number of aryl methyl sites for hydroxylation is 1. The van der Waals surface area contributed by atoms with Gasteiger partial charge < -0.3 is 18.8 Å². The number of benzene rings is 2. The van der Waals surface area contributed by atoms with E-state index < -0.39 is 19.1 Å². The molecule has 35 heavy (non-hydrogen) atoms. The molecular formula is C26H25BN2O6. The van der Waals surface area contributed by atoms with E-state index in [0.29, 0.717) is 17.1 Å². The van der Waals surface area contributed by atoms with Gasteiger partial charge in [0.15, 0.2) is 0 Å². The smallest absolute Gasteiger partial charge is 0.494 e. The number of fused-ring (bicyclic) bond motifs is 1. The lowest BCUT2D eigenvalue weighted by Gasteiger charge is -2.22. The highest BCUT2D eigenvalue weighted by Gasteiger charge is 2.34. The van der Waals surface area contributed by atoms with E-state index in [4.69, 9.17) is 18.8 Å². The Morgan fingerprint density at radius 1 is 0.971 bits per heavy atom. The lowest BCUT2D eigenvalue weighted by atomic mass is 9.78. The van der Waals surface area contributed by atoms with E-state index in [1.54, 1.807) is 36.2 Å². The van der Waals surface area contributed by atoms with Gasteiger partial charge >= 0.3 is 19.1 Å². The summed E-state index contributed by atoms with van der Waals surface area (Å²) in [5.74, 6) is 1.13. The maximum Gasteiger partial charge on any atom is 0.636 e. The Hall–Kier alpha value is -3.85. The third kappa shape index (κ3) is 5.30. The minimum absolute atomic E-state index is 0.0273. The quantitative estimate of drug-likeness (QED) is 0.524. The highest BCUT2D eigenvalue weighted by Crippen LogP contribution is 2.40. The van der Waals surface area contributed by atoms with Gasteiger partial charge in [0.1, 0.15) is 17.6 Å². The number of hydrogen-bond acceptors (Lipinski definition) is 8. The molecule has 8 nitrogen and oxygen atoms in total. The van der Waals surface area contributed by atoms with Crippen LogP contribution in [0, 0.1) is 6.92 Å². The molecule has 2 aliphatic rings. The minimum Gasteiger partial charge on any atom is -0.494 e. The highest BCUT2D eigenvalue weighted by atomic mass is 16.6. The van der Waals surface area contributed by atoms with E-state index >= 15 is 0 Å². The highest BCUT2D eigenvalue weighted by molar-refractivity contribution is 6.64. The molecule has 0 saturated carbocycles. The van der Waals surface area contributed by atoms with E-state index in [-0.39, 0.29) is 19.2 Å². The lowest BCUT2D eigenvalue weighted by Crippen LogP contribution is -2.47. The SMILES string of the molecule is Cc1cccc(Oc2cccc3c2CC[C@H]3Oc2ccc(B3OC(=O)CN(C)CC(=O)O3)cc2)n1. The van der Waals surface area contributed by atoms with E-state index in [1.165, 1.54) is 0 Å². The zero-order valence-electron chi connectivity index (χ0n) is 19.6. The molecule has 0 N–H and O–H groups in total. The third-order valence-electron chi connectivity index (χ3n) is 5.96. The van der Waals surface area contributed by atoms with Crippen molar-refractivity contribution in [2.45, 2.75) is 25.9 Å². The summed E-state index contributed by atoms with van der Waals surface area (Å²) in [5.41, 5.74) is 3.68. The molecule has 3 aromatic rings. The summed E-state index contributed by atoms with van der Waals surface area (Å²) in [4.78, 5) is 30.0. The minimum atomic E-state index is -1.07. The molecule has 1 aliphatic heterocycles. The van der Waals surface area contributed by atoms with Crippen LogP contribution in [0.2, 0.25) is 0 Å². The van der Waals surface area contributed by atoms with E-state index in [9.17, 15) is 9.59 Å². The van der Waals surface area contributed by atoms with Crippen LogP contribution in [-0.2, 0) is 25.3 Å². The van der Waals surface area contributed by atoms with Crippen LogP contribution in [-0.4, -0.2) is 49.1 Å². The van der Waals surface area contributed by atoms with Crippen LogP contribution in [0.4, 0.5) is 0 Å². The van der Waals surface area contributed by atoms with Gasteiger partial charge in [0.25, 0.3) is 0 Å². The topological polar surface area (TPSA) is 87.2 Å². The predicted molar refractivity (Wildman–Crippen MR) is 129 cm³/mol. The van der Waals surface area contributed by atoms with Crippen molar-refractivity contribution in [2.24, 2.45) is 0 Å². The Labute approximate surface area is 203 Å². The average Bonchev–Trinajstić information content (AvgIpc) is 3.22. The molecule has 1 saturated heterocycles. The number of nitrogens with zero attached hydrogens (tertiary/aromatic N) is 2. The Balaban J connectivity index is 1.28. The zero-order chi connectivity index (χ0) is 24.4. The molecule has 5 rings (SSSR count). The first-order valence-corrected chi connectivity index (χ1v) is 11.5.